The van der Waals surface area contributed by atoms with E-state index in [2.05, 4.69) is 0 Å². The number of anilines is 1. The Bertz CT molecular complexity index is 403. The van der Waals surface area contributed by atoms with Crippen molar-refractivity contribution in [1.29, 1.82) is 0 Å². The van der Waals surface area contributed by atoms with Crippen LogP contribution >= 0.6 is 0 Å². The molecule has 100 valence electrons. The minimum Gasteiger partial charge on any atom is -0.375 e. The number of carbonyl (C=O) groups is 1. The number of hydrogen-bond acceptors (Lipinski definition) is 3. The molecule has 1 rings (SSSR count). The second kappa shape index (κ2) is 5.82. The van der Waals surface area contributed by atoms with Crippen molar-refractivity contribution in [2.75, 3.05) is 18.5 Å². The van der Waals surface area contributed by atoms with Gasteiger partial charge in [0, 0.05) is 19.3 Å². The predicted molar refractivity (Wildman–Crippen MR) is 70.7 cm³/mol. The van der Waals surface area contributed by atoms with Crippen LogP contribution in [0.3, 0.4) is 0 Å². The Balaban J connectivity index is 2.45. The highest BCUT2D eigenvalue weighted by Crippen LogP contribution is 2.15. The summed E-state index contributed by atoms with van der Waals surface area (Å²) in [4.78, 5) is 13.0. The van der Waals surface area contributed by atoms with Crippen LogP contribution in [0.5, 0.6) is 0 Å². The predicted octanol–water partition coefficient (Wildman–Crippen LogP) is 1.24. The van der Waals surface area contributed by atoms with Gasteiger partial charge in [0.05, 0.1) is 5.54 Å². The first-order valence-electron chi connectivity index (χ1n) is 5.88. The number of benzene rings is 1. The Hall–Kier alpha value is -1.62. The summed E-state index contributed by atoms with van der Waals surface area (Å²) in [5.41, 5.74) is 10.9. The number of nitrogens with zero attached hydrogens (tertiary/aromatic N) is 1. The molecule has 0 aliphatic heterocycles. The van der Waals surface area contributed by atoms with Crippen LogP contribution < -0.4 is 16.4 Å². The van der Waals surface area contributed by atoms with Crippen LogP contribution in [0.25, 0.3) is 0 Å². The molecule has 1 amide bonds. The summed E-state index contributed by atoms with van der Waals surface area (Å²) in [6.07, 6.45) is 1.26. The van der Waals surface area contributed by atoms with Gasteiger partial charge >= 0.3 is 0 Å². The summed E-state index contributed by atoms with van der Waals surface area (Å²) in [6.45, 7) is 2.36. The fraction of sp³-hybridized carbons (Fsp3) is 0.462. The van der Waals surface area contributed by atoms with Gasteiger partial charge in [-0.15, -0.1) is 0 Å². The number of nitrogens with two attached hydrogens (primary N) is 2. The van der Waals surface area contributed by atoms with Gasteiger partial charge in [0.25, 0.3) is 0 Å². The lowest BCUT2D eigenvalue weighted by atomic mass is 9.96. The monoisotopic (exact) mass is 253 g/mol. The number of hydrogen-bond donors (Lipinski definition) is 2. The Morgan fingerprint density at radius 2 is 1.94 bits per heavy atom. The normalized spacial score (nSPS) is 14.0. The van der Waals surface area contributed by atoms with Crippen LogP contribution in [-0.4, -0.2) is 25.0 Å². The van der Waals surface area contributed by atoms with Crippen molar-refractivity contribution in [2.24, 2.45) is 11.5 Å². The summed E-state index contributed by atoms with van der Waals surface area (Å²) < 4.78 is 12.8. The van der Waals surface area contributed by atoms with Crippen LogP contribution in [0.15, 0.2) is 24.3 Å². The maximum atomic E-state index is 12.8. The van der Waals surface area contributed by atoms with E-state index in [0.717, 1.165) is 18.7 Å². The van der Waals surface area contributed by atoms with Crippen LogP contribution in [-0.2, 0) is 4.79 Å². The van der Waals surface area contributed by atoms with E-state index in [-0.39, 0.29) is 5.82 Å². The van der Waals surface area contributed by atoms with Gasteiger partial charge in [-0.3, -0.25) is 4.79 Å². The molecular formula is C13H20FN3O. The molecule has 0 aliphatic carbocycles. The van der Waals surface area contributed by atoms with Crippen LogP contribution in [0, 0.1) is 5.82 Å². The highest BCUT2D eigenvalue weighted by molar-refractivity contribution is 5.83. The van der Waals surface area contributed by atoms with E-state index < -0.39 is 11.4 Å². The molecule has 0 fully saturated rings. The molecule has 0 spiro atoms. The molecule has 0 radical (unpaired) electrons. The lowest BCUT2D eigenvalue weighted by molar-refractivity contribution is -0.122. The van der Waals surface area contributed by atoms with Gasteiger partial charge < -0.3 is 16.4 Å². The molecule has 5 heteroatoms. The molecule has 1 aromatic rings. The van der Waals surface area contributed by atoms with E-state index in [0.29, 0.717) is 6.42 Å². The van der Waals surface area contributed by atoms with Gasteiger partial charge in [-0.25, -0.2) is 4.39 Å². The lowest BCUT2D eigenvalue weighted by Gasteiger charge is -2.23. The zero-order valence-electron chi connectivity index (χ0n) is 10.8. The second-order valence-electron chi connectivity index (χ2n) is 4.78. The maximum Gasteiger partial charge on any atom is 0.237 e. The molecule has 1 aromatic carbocycles. The Morgan fingerprint density at radius 1 is 1.39 bits per heavy atom. The molecule has 0 aromatic heterocycles. The molecule has 1 unspecified atom stereocenters. The smallest absolute Gasteiger partial charge is 0.237 e. The third kappa shape index (κ3) is 4.00. The van der Waals surface area contributed by atoms with E-state index >= 15 is 0 Å². The van der Waals surface area contributed by atoms with Gasteiger partial charge in [0.15, 0.2) is 0 Å². The summed E-state index contributed by atoms with van der Waals surface area (Å²) in [5, 5.41) is 0. The standard InChI is InChI=1S/C13H20FN3O/c1-13(16,12(15)18)8-3-9-17(2)11-6-4-10(14)5-7-11/h4-7H,3,8-9,16H2,1-2H3,(H2,15,18). The molecule has 0 aliphatic rings. The van der Waals surface area contributed by atoms with Crippen LogP contribution in [0.1, 0.15) is 19.8 Å². The molecule has 0 saturated heterocycles. The van der Waals surface area contributed by atoms with Gasteiger partial charge in [-0.05, 0) is 44.0 Å². The number of rotatable bonds is 6. The van der Waals surface area contributed by atoms with Gasteiger partial charge in [0.1, 0.15) is 5.82 Å². The summed E-state index contributed by atoms with van der Waals surface area (Å²) in [6, 6.07) is 6.26. The van der Waals surface area contributed by atoms with Crippen LogP contribution in [0.2, 0.25) is 0 Å². The highest BCUT2D eigenvalue weighted by atomic mass is 19.1. The summed E-state index contributed by atoms with van der Waals surface area (Å²) >= 11 is 0. The van der Waals surface area contributed by atoms with E-state index in [1.54, 1.807) is 19.1 Å². The molecule has 0 bridgehead atoms. The fourth-order valence-corrected chi connectivity index (χ4v) is 1.63. The third-order valence-corrected chi connectivity index (χ3v) is 3.02. The number of halogens is 1. The van der Waals surface area contributed by atoms with E-state index in [1.807, 2.05) is 11.9 Å². The molecular weight excluding hydrogens is 233 g/mol. The molecule has 0 heterocycles. The first kappa shape index (κ1) is 14.4. The van der Waals surface area contributed by atoms with Gasteiger partial charge in [-0.1, -0.05) is 0 Å². The molecule has 4 N–H and O–H groups in total. The molecule has 4 nitrogen and oxygen atoms in total. The summed E-state index contributed by atoms with van der Waals surface area (Å²) in [7, 11) is 1.91. The Kier molecular flexibility index (Phi) is 4.67. The zero-order valence-corrected chi connectivity index (χ0v) is 10.8. The molecule has 1 atom stereocenters. The average molecular weight is 253 g/mol. The number of carbonyl (C=O) groups excluding carboxylic acids is 1. The van der Waals surface area contributed by atoms with Crippen molar-refractivity contribution in [3.8, 4) is 0 Å². The molecule has 18 heavy (non-hydrogen) atoms. The highest BCUT2D eigenvalue weighted by Gasteiger charge is 2.24. The van der Waals surface area contributed by atoms with Gasteiger partial charge in [-0.2, -0.15) is 0 Å². The second-order valence-corrected chi connectivity index (χ2v) is 4.78. The summed E-state index contributed by atoms with van der Waals surface area (Å²) in [5.74, 6) is -0.748. The maximum absolute atomic E-state index is 12.8. The molecule has 0 saturated carbocycles. The fourth-order valence-electron chi connectivity index (χ4n) is 1.63. The van der Waals surface area contributed by atoms with Crippen molar-refractivity contribution in [3.05, 3.63) is 30.1 Å². The SMILES string of the molecule is CN(CCCC(C)(N)C(N)=O)c1ccc(F)cc1. The van der Waals surface area contributed by atoms with Crippen molar-refractivity contribution in [1.82, 2.24) is 0 Å². The van der Waals surface area contributed by atoms with Crippen molar-refractivity contribution >= 4 is 11.6 Å². The topological polar surface area (TPSA) is 72.3 Å². The van der Waals surface area contributed by atoms with Gasteiger partial charge in [0.2, 0.25) is 5.91 Å². The van der Waals surface area contributed by atoms with Crippen molar-refractivity contribution in [2.45, 2.75) is 25.3 Å². The largest absolute Gasteiger partial charge is 0.375 e. The Labute approximate surface area is 107 Å². The van der Waals surface area contributed by atoms with Crippen molar-refractivity contribution in [3.63, 3.8) is 0 Å². The lowest BCUT2D eigenvalue weighted by Crippen LogP contribution is -2.49. The third-order valence-electron chi connectivity index (χ3n) is 3.02. The minimum atomic E-state index is -0.969. The van der Waals surface area contributed by atoms with Crippen molar-refractivity contribution < 1.29 is 9.18 Å². The Morgan fingerprint density at radius 3 is 2.44 bits per heavy atom. The number of primary amides is 1. The van der Waals surface area contributed by atoms with E-state index in [4.69, 9.17) is 11.5 Å². The number of amides is 1. The first-order chi connectivity index (χ1) is 8.33. The average Bonchev–Trinajstić information content (AvgIpc) is 2.29. The zero-order chi connectivity index (χ0) is 13.8. The quantitative estimate of drug-likeness (QED) is 0.801. The first-order valence-corrected chi connectivity index (χ1v) is 5.88. The van der Waals surface area contributed by atoms with Crippen LogP contribution in [0.4, 0.5) is 10.1 Å². The van der Waals surface area contributed by atoms with E-state index in [9.17, 15) is 9.18 Å². The van der Waals surface area contributed by atoms with E-state index in [1.165, 1.54) is 12.1 Å². The minimum absolute atomic E-state index is 0.254.